The summed E-state index contributed by atoms with van der Waals surface area (Å²) in [6.45, 7) is 0. The quantitative estimate of drug-likeness (QED) is 0.709. The lowest BCUT2D eigenvalue weighted by atomic mass is 9.79. The Balaban J connectivity index is 1.78. The predicted molar refractivity (Wildman–Crippen MR) is 110 cm³/mol. The highest BCUT2D eigenvalue weighted by molar-refractivity contribution is 6.10. The molecule has 2 heterocycles. The molecule has 30 heavy (non-hydrogen) atoms. The number of hydrogen-bond donors (Lipinski definition) is 1. The van der Waals surface area contributed by atoms with E-state index in [0.29, 0.717) is 28.4 Å². The molecular weight excluding hydrogens is 385 g/mol. The van der Waals surface area contributed by atoms with Gasteiger partial charge in [0.1, 0.15) is 23.1 Å². The van der Waals surface area contributed by atoms with Crippen molar-refractivity contribution in [3.63, 3.8) is 0 Å². The topological polar surface area (TPSA) is 77.2 Å². The third kappa shape index (κ3) is 2.41. The number of carbonyl (C=O) groups is 1. The second-order valence-electron chi connectivity index (χ2n) is 7.23. The van der Waals surface area contributed by atoms with E-state index >= 15 is 0 Å². The van der Waals surface area contributed by atoms with Crippen LogP contribution in [0.1, 0.15) is 11.1 Å². The smallest absolute Gasteiger partial charge is 0.266 e. The third-order valence-electron chi connectivity index (χ3n) is 5.56. The number of amides is 1. The zero-order chi connectivity index (χ0) is 21.0. The van der Waals surface area contributed by atoms with E-state index < -0.39 is 11.4 Å². The molecule has 1 atom stereocenters. The van der Waals surface area contributed by atoms with Crippen LogP contribution >= 0.6 is 0 Å². The fourth-order valence-electron chi connectivity index (χ4n) is 4.01. The SMILES string of the molecule is COc1cccc(-c2ccc3c(c2)C2(N=C(N)N(C)C2=O)c2cc(F)ccc2O3)c1. The van der Waals surface area contributed by atoms with Crippen molar-refractivity contribution in [2.24, 2.45) is 10.7 Å². The summed E-state index contributed by atoms with van der Waals surface area (Å²) in [7, 11) is 3.15. The molecule has 3 aromatic carbocycles. The van der Waals surface area contributed by atoms with E-state index in [1.165, 1.54) is 23.1 Å². The molecule has 0 aromatic heterocycles. The zero-order valence-corrected chi connectivity index (χ0v) is 16.3. The van der Waals surface area contributed by atoms with Gasteiger partial charge in [-0.3, -0.25) is 9.69 Å². The molecule has 0 aliphatic carbocycles. The molecule has 0 saturated carbocycles. The lowest BCUT2D eigenvalue weighted by Crippen LogP contribution is -2.42. The molecule has 2 N–H and O–H groups in total. The number of benzene rings is 3. The number of rotatable bonds is 2. The first-order chi connectivity index (χ1) is 14.4. The van der Waals surface area contributed by atoms with Gasteiger partial charge in [0.25, 0.3) is 5.91 Å². The molecule has 0 saturated heterocycles. The second kappa shape index (κ2) is 6.32. The highest BCUT2D eigenvalue weighted by Crippen LogP contribution is 2.52. The highest BCUT2D eigenvalue weighted by Gasteiger charge is 2.54. The van der Waals surface area contributed by atoms with Crippen LogP contribution in [0, 0.1) is 5.82 Å². The number of likely N-dealkylation sites (N-methyl/N-ethyl adjacent to an activating group) is 1. The molecule has 1 unspecified atom stereocenters. The van der Waals surface area contributed by atoms with Gasteiger partial charge in [0.2, 0.25) is 5.54 Å². The fourth-order valence-corrected chi connectivity index (χ4v) is 4.01. The van der Waals surface area contributed by atoms with Crippen molar-refractivity contribution in [2.75, 3.05) is 14.2 Å². The Bertz CT molecular complexity index is 1240. The third-order valence-corrected chi connectivity index (χ3v) is 5.56. The van der Waals surface area contributed by atoms with Gasteiger partial charge in [-0.1, -0.05) is 18.2 Å². The first-order valence-electron chi connectivity index (χ1n) is 9.34. The van der Waals surface area contributed by atoms with E-state index in [1.54, 1.807) is 20.2 Å². The first kappa shape index (κ1) is 18.2. The lowest BCUT2D eigenvalue weighted by Gasteiger charge is -2.33. The Labute approximate surface area is 172 Å². The van der Waals surface area contributed by atoms with E-state index in [9.17, 15) is 9.18 Å². The number of halogens is 1. The fraction of sp³-hybridized carbons (Fsp3) is 0.130. The van der Waals surface area contributed by atoms with Crippen molar-refractivity contribution in [2.45, 2.75) is 5.54 Å². The molecule has 6 nitrogen and oxygen atoms in total. The van der Waals surface area contributed by atoms with Crippen molar-refractivity contribution < 1.29 is 18.7 Å². The number of methoxy groups -OCH3 is 1. The normalized spacial score (nSPS) is 19.2. The van der Waals surface area contributed by atoms with E-state index in [-0.39, 0.29) is 11.9 Å². The second-order valence-corrected chi connectivity index (χ2v) is 7.23. The zero-order valence-electron chi connectivity index (χ0n) is 16.3. The highest BCUT2D eigenvalue weighted by atomic mass is 19.1. The van der Waals surface area contributed by atoms with Crippen molar-refractivity contribution >= 4 is 11.9 Å². The van der Waals surface area contributed by atoms with Gasteiger partial charge in [-0.2, -0.15) is 0 Å². The van der Waals surface area contributed by atoms with Gasteiger partial charge in [-0.15, -0.1) is 0 Å². The Morgan fingerprint density at radius 3 is 2.43 bits per heavy atom. The average molecular weight is 403 g/mol. The van der Waals surface area contributed by atoms with Crippen LogP contribution in [0.2, 0.25) is 0 Å². The molecule has 0 fully saturated rings. The van der Waals surface area contributed by atoms with E-state index in [2.05, 4.69) is 4.99 Å². The summed E-state index contributed by atoms with van der Waals surface area (Å²) in [6, 6.07) is 17.2. The van der Waals surface area contributed by atoms with Gasteiger partial charge in [0, 0.05) is 18.2 Å². The van der Waals surface area contributed by atoms with Crippen LogP contribution in [-0.4, -0.2) is 30.9 Å². The number of aliphatic imine (C=N–C) groups is 1. The van der Waals surface area contributed by atoms with Crippen molar-refractivity contribution in [3.05, 3.63) is 77.6 Å². The van der Waals surface area contributed by atoms with Crippen LogP contribution in [-0.2, 0) is 10.3 Å². The van der Waals surface area contributed by atoms with Gasteiger partial charge in [-0.05, 0) is 53.6 Å². The lowest BCUT2D eigenvalue weighted by molar-refractivity contribution is -0.129. The molecule has 0 bridgehead atoms. The van der Waals surface area contributed by atoms with Crippen LogP contribution < -0.4 is 15.2 Å². The molecule has 0 radical (unpaired) electrons. The molecule has 2 aliphatic heterocycles. The molecule has 5 rings (SSSR count). The number of hydrogen-bond acceptors (Lipinski definition) is 5. The van der Waals surface area contributed by atoms with Crippen molar-refractivity contribution in [3.8, 4) is 28.4 Å². The maximum absolute atomic E-state index is 14.2. The molecule has 2 aliphatic rings. The van der Waals surface area contributed by atoms with Crippen LogP contribution in [0.3, 0.4) is 0 Å². The number of fused-ring (bicyclic) bond motifs is 4. The summed E-state index contributed by atoms with van der Waals surface area (Å²) in [5, 5.41) is 0. The standard InChI is InChI=1S/C23H18FN3O3/c1-27-21(28)23(26-22(27)25)17-11-14(13-4-3-5-16(10-13)29-2)6-8-19(17)30-20-9-7-15(24)12-18(20)23/h3-12H,1-2H3,(H2,25,26). The summed E-state index contributed by atoms with van der Waals surface area (Å²) in [4.78, 5) is 19.2. The van der Waals surface area contributed by atoms with Gasteiger partial charge >= 0.3 is 0 Å². The number of nitrogens with zero attached hydrogens (tertiary/aromatic N) is 2. The van der Waals surface area contributed by atoms with Crippen LogP contribution in [0.25, 0.3) is 11.1 Å². The molecular formula is C23H18FN3O3. The summed E-state index contributed by atoms with van der Waals surface area (Å²) >= 11 is 0. The van der Waals surface area contributed by atoms with Crippen LogP contribution in [0.15, 0.2) is 65.7 Å². The average Bonchev–Trinajstić information content (AvgIpc) is 2.99. The molecule has 1 spiro atoms. The molecule has 7 heteroatoms. The van der Waals surface area contributed by atoms with E-state index in [4.69, 9.17) is 15.2 Å². The van der Waals surface area contributed by atoms with Gasteiger partial charge in [-0.25, -0.2) is 9.38 Å². The number of carbonyl (C=O) groups excluding carboxylic acids is 1. The maximum Gasteiger partial charge on any atom is 0.266 e. The van der Waals surface area contributed by atoms with Crippen LogP contribution in [0.5, 0.6) is 17.2 Å². The molecule has 3 aromatic rings. The summed E-state index contributed by atoms with van der Waals surface area (Å²) in [6.07, 6.45) is 0. The Morgan fingerprint density at radius 2 is 1.73 bits per heavy atom. The van der Waals surface area contributed by atoms with Gasteiger partial charge in [0.15, 0.2) is 5.96 Å². The van der Waals surface area contributed by atoms with Gasteiger partial charge < -0.3 is 15.2 Å². The Kier molecular flexibility index (Phi) is 3.83. The largest absolute Gasteiger partial charge is 0.497 e. The molecule has 150 valence electrons. The minimum Gasteiger partial charge on any atom is -0.497 e. The number of ether oxygens (including phenoxy) is 2. The number of guanidine groups is 1. The minimum absolute atomic E-state index is 0.0647. The monoisotopic (exact) mass is 403 g/mol. The summed E-state index contributed by atoms with van der Waals surface area (Å²) in [5.74, 6) is 0.774. The van der Waals surface area contributed by atoms with E-state index in [1.807, 2.05) is 36.4 Å². The van der Waals surface area contributed by atoms with E-state index in [0.717, 1.165) is 11.1 Å². The van der Waals surface area contributed by atoms with Crippen molar-refractivity contribution in [1.29, 1.82) is 0 Å². The Hall–Kier alpha value is -3.87. The number of nitrogens with two attached hydrogens (primary N) is 1. The Morgan fingerprint density at radius 1 is 1.03 bits per heavy atom. The van der Waals surface area contributed by atoms with Crippen molar-refractivity contribution in [1.82, 2.24) is 4.90 Å². The van der Waals surface area contributed by atoms with Crippen LogP contribution in [0.4, 0.5) is 4.39 Å². The van der Waals surface area contributed by atoms with Gasteiger partial charge in [0.05, 0.1) is 7.11 Å². The summed E-state index contributed by atoms with van der Waals surface area (Å²) in [5.41, 5.74) is 7.09. The maximum atomic E-state index is 14.2. The molecule has 1 amide bonds. The predicted octanol–water partition coefficient (Wildman–Crippen LogP) is 3.64. The first-order valence-corrected chi connectivity index (χ1v) is 9.34. The minimum atomic E-state index is -1.50. The summed E-state index contributed by atoms with van der Waals surface area (Å²) < 4.78 is 25.5.